The number of aryl methyl sites for hydroxylation is 1. The van der Waals surface area contributed by atoms with Gasteiger partial charge in [-0.15, -0.1) is 0 Å². The highest BCUT2D eigenvalue weighted by Gasteiger charge is 2.15. The average molecular weight is 270 g/mol. The molecular formula is C17H15FO2. The van der Waals surface area contributed by atoms with Crippen molar-refractivity contribution in [3.8, 4) is 0 Å². The molecule has 102 valence electrons. The van der Waals surface area contributed by atoms with Gasteiger partial charge in [-0.05, 0) is 24.6 Å². The van der Waals surface area contributed by atoms with Crippen LogP contribution in [-0.4, -0.2) is 5.11 Å². The molecule has 20 heavy (non-hydrogen) atoms. The van der Waals surface area contributed by atoms with Crippen LogP contribution in [0.1, 0.15) is 23.0 Å². The SMILES string of the molecule is Cc1cccc(CC(O)c2cc3cccc(F)c3o2)c1. The Labute approximate surface area is 116 Å². The molecule has 1 atom stereocenters. The van der Waals surface area contributed by atoms with Crippen LogP contribution in [0.3, 0.4) is 0 Å². The second-order valence-electron chi connectivity index (χ2n) is 5.02. The highest BCUT2D eigenvalue weighted by Crippen LogP contribution is 2.27. The van der Waals surface area contributed by atoms with Crippen LogP contribution < -0.4 is 0 Å². The van der Waals surface area contributed by atoms with Crippen molar-refractivity contribution in [2.24, 2.45) is 0 Å². The Morgan fingerprint density at radius 1 is 1.15 bits per heavy atom. The van der Waals surface area contributed by atoms with Gasteiger partial charge >= 0.3 is 0 Å². The molecule has 1 N–H and O–H groups in total. The van der Waals surface area contributed by atoms with E-state index in [1.165, 1.54) is 6.07 Å². The van der Waals surface area contributed by atoms with Crippen molar-refractivity contribution in [1.82, 2.24) is 0 Å². The van der Waals surface area contributed by atoms with Crippen molar-refractivity contribution in [3.05, 3.63) is 71.2 Å². The van der Waals surface area contributed by atoms with Crippen LogP contribution in [0.2, 0.25) is 0 Å². The summed E-state index contributed by atoms with van der Waals surface area (Å²) in [4.78, 5) is 0. The molecule has 0 aliphatic rings. The van der Waals surface area contributed by atoms with Crippen molar-refractivity contribution in [2.45, 2.75) is 19.4 Å². The number of furan rings is 1. The van der Waals surface area contributed by atoms with Gasteiger partial charge in [0.15, 0.2) is 11.4 Å². The summed E-state index contributed by atoms with van der Waals surface area (Å²) in [5.74, 6) is -0.0110. The highest BCUT2D eigenvalue weighted by molar-refractivity contribution is 5.78. The van der Waals surface area contributed by atoms with Gasteiger partial charge in [-0.2, -0.15) is 0 Å². The van der Waals surface area contributed by atoms with E-state index in [2.05, 4.69) is 0 Å². The molecule has 2 nitrogen and oxygen atoms in total. The van der Waals surface area contributed by atoms with Crippen LogP contribution in [0, 0.1) is 12.7 Å². The predicted octanol–water partition coefficient (Wildman–Crippen LogP) is 4.16. The summed E-state index contributed by atoms with van der Waals surface area (Å²) in [6.07, 6.45) is -0.327. The van der Waals surface area contributed by atoms with Crippen LogP contribution in [0.4, 0.5) is 4.39 Å². The van der Waals surface area contributed by atoms with Crippen LogP contribution in [0.5, 0.6) is 0 Å². The third kappa shape index (κ3) is 2.45. The number of rotatable bonds is 3. The van der Waals surface area contributed by atoms with Crippen LogP contribution >= 0.6 is 0 Å². The summed E-state index contributed by atoms with van der Waals surface area (Å²) in [5, 5.41) is 10.9. The topological polar surface area (TPSA) is 33.4 Å². The quantitative estimate of drug-likeness (QED) is 0.775. The number of hydrogen-bond acceptors (Lipinski definition) is 2. The maximum absolute atomic E-state index is 13.6. The standard InChI is InChI=1S/C17H15FO2/c1-11-4-2-5-12(8-11)9-15(19)16-10-13-6-3-7-14(18)17(13)20-16/h2-8,10,15,19H,9H2,1H3. The van der Waals surface area contributed by atoms with E-state index in [1.54, 1.807) is 18.2 Å². The third-order valence-electron chi connectivity index (χ3n) is 3.36. The third-order valence-corrected chi connectivity index (χ3v) is 3.36. The number of fused-ring (bicyclic) bond motifs is 1. The fourth-order valence-electron chi connectivity index (χ4n) is 2.37. The summed E-state index contributed by atoms with van der Waals surface area (Å²) in [6, 6.07) is 14.4. The molecule has 2 aromatic carbocycles. The first-order chi connectivity index (χ1) is 9.63. The van der Waals surface area contributed by atoms with Gasteiger partial charge in [-0.25, -0.2) is 4.39 Å². The van der Waals surface area contributed by atoms with Crippen molar-refractivity contribution < 1.29 is 13.9 Å². The van der Waals surface area contributed by atoms with E-state index in [1.807, 2.05) is 31.2 Å². The first-order valence-electron chi connectivity index (χ1n) is 6.55. The van der Waals surface area contributed by atoms with Crippen molar-refractivity contribution in [3.63, 3.8) is 0 Å². The number of halogens is 1. The number of benzene rings is 2. The minimum atomic E-state index is -0.774. The second-order valence-corrected chi connectivity index (χ2v) is 5.02. The molecule has 1 heterocycles. The van der Waals surface area contributed by atoms with E-state index in [0.717, 1.165) is 11.1 Å². The number of hydrogen-bond donors (Lipinski definition) is 1. The number of aliphatic hydroxyl groups excluding tert-OH is 1. The Kier molecular flexibility index (Phi) is 3.28. The smallest absolute Gasteiger partial charge is 0.170 e. The lowest BCUT2D eigenvalue weighted by Crippen LogP contribution is -2.00. The molecule has 1 aromatic heterocycles. The first-order valence-corrected chi connectivity index (χ1v) is 6.55. The van der Waals surface area contributed by atoms with Crippen LogP contribution in [0.25, 0.3) is 11.0 Å². The van der Waals surface area contributed by atoms with Gasteiger partial charge in [0, 0.05) is 11.8 Å². The van der Waals surface area contributed by atoms with Crippen molar-refractivity contribution in [2.75, 3.05) is 0 Å². The fourth-order valence-corrected chi connectivity index (χ4v) is 2.37. The Balaban J connectivity index is 1.89. The summed E-state index contributed by atoms with van der Waals surface area (Å²) >= 11 is 0. The fraction of sp³-hybridized carbons (Fsp3) is 0.176. The molecule has 0 saturated heterocycles. The predicted molar refractivity (Wildman–Crippen MR) is 76.0 cm³/mol. The minimum absolute atomic E-state index is 0.200. The van der Waals surface area contributed by atoms with Crippen LogP contribution in [-0.2, 0) is 6.42 Å². The minimum Gasteiger partial charge on any atom is -0.455 e. The molecule has 0 fully saturated rings. The lowest BCUT2D eigenvalue weighted by atomic mass is 10.0. The second kappa shape index (κ2) is 5.10. The highest BCUT2D eigenvalue weighted by atomic mass is 19.1. The molecule has 3 rings (SSSR count). The molecule has 0 bridgehead atoms. The van der Waals surface area contributed by atoms with Crippen LogP contribution in [0.15, 0.2) is 52.9 Å². The Morgan fingerprint density at radius 2 is 1.95 bits per heavy atom. The summed E-state index contributed by atoms with van der Waals surface area (Å²) in [5.41, 5.74) is 2.37. The van der Waals surface area contributed by atoms with E-state index >= 15 is 0 Å². The first kappa shape index (κ1) is 12.9. The number of aliphatic hydroxyl groups is 1. The van der Waals surface area contributed by atoms with Crippen molar-refractivity contribution in [1.29, 1.82) is 0 Å². The Morgan fingerprint density at radius 3 is 2.70 bits per heavy atom. The lowest BCUT2D eigenvalue weighted by Gasteiger charge is -2.08. The largest absolute Gasteiger partial charge is 0.455 e. The van der Waals surface area contributed by atoms with Gasteiger partial charge in [-0.3, -0.25) is 0 Å². The molecule has 0 amide bonds. The summed E-state index contributed by atoms with van der Waals surface area (Å²) < 4.78 is 19.0. The average Bonchev–Trinajstić information content (AvgIpc) is 2.84. The molecule has 0 spiro atoms. The van der Waals surface area contributed by atoms with E-state index in [0.29, 0.717) is 17.6 Å². The summed E-state index contributed by atoms with van der Waals surface area (Å²) in [6.45, 7) is 2.01. The summed E-state index contributed by atoms with van der Waals surface area (Å²) in [7, 11) is 0. The molecule has 0 aliphatic heterocycles. The zero-order valence-corrected chi connectivity index (χ0v) is 11.1. The van der Waals surface area contributed by atoms with Gasteiger partial charge in [-0.1, -0.05) is 42.0 Å². The van der Waals surface area contributed by atoms with E-state index < -0.39 is 11.9 Å². The maximum Gasteiger partial charge on any atom is 0.170 e. The molecular weight excluding hydrogens is 255 g/mol. The van der Waals surface area contributed by atoms with Gasteiger partial charge in [0.2, 0.25) is 0 Å². The van der Waals surface area contributed by atoms with E-state index in [-0.39, 0.29) is 5.58 Å². The Hall–Kier alpha value is -2.13. The zero-order chi connectivity index (χ0) is 14.1. The molecule has 0 radical (unpaired) electrons. The normalized spacial score (nSPS) is 12.8. The van der Waals surface area contributed by atoms with Gasteiger partial charge in [0.05, 0.1) is 0 Å². The van der Waals surface area contributed by atoms with E-state index in [4.69, 9.17) is 4.42 Å². The maximum atomic E-state index is 13.6. The number of para-hydroxylation sites is 1. The van der Waals surface area contributed by atoms with Gasteiger partial charge < -0.3 is 9.52 Å². The monoisotopic (exact) mass is 270 g/mol. The molecule has 0 aliphatic carbocycles. The zero-order valence-electron chi connectivity index (χ0n) is 11.1. The molecule has 3 heteroatoms. The van der Waals surface area contributed by atoms with E-state index in [9.17, 15) is 9.50 Å². The van der Waals surface area contributed by atoms with Gasteiger partial charge in [0.1, 0.15) is 11.9 Å². The molecule has 1 unspecified atom stereocenters. The Bertz CT molecular complexity index is 746. The molecule has 3 aromatic rings. The van der Waals surface area contributed by atoms with Crippen molar-refractivity contribution >= 4 is 11.0 Å². The van der Waals surface area contributed by atoms with Gasteiger partial charge in [0.25, 0.3) is 0 Å². The lowest BCUT2D eigenvalue weighted by molar-refractivity contribution is 0.152. The molecule has 0 saturated carbocycles.